The Morgan fingerprint density at radius 1 is 1.55 bits per heavy atom. The molecule has 1 aliphatic rings. The highest BCUT2D eigenvalue weighted by atomic mass is 16.5. The monoisotopic (exact) mass is 156 g/mol. The normalized spacial score (nSPS) is 30.8. The minimum atomic E-state index is -0.281. The van der Waals surface area contributed by atoms with Crippen LogP contribution in [0.4, 0.5) is 0 Å². The highest BCUT2D eigenvalue weighted by Crippen LogP contribution is 2.33. The first-order valence-corrected chi connectivity index (χ1v) is 4.22. The summed E-state index contributed by atoms with van der Waals surface area (Å²) >= 11 is 0. The van der Waals surface area contributed by atoms with Gasteiger partial charge in [0.05, 0.1) is 12.0 Å². The summed E-state index contributed by atoms with van der Waals surface area (Å²) in [6.07, 6.45) is 2.11. The van der Waals surface area contributed by atoms with Crippen LogP contribution in [0.3, 0.4) is 0 Å². The molecule has 1 unspecified atom stereocenters. The maximum atomic E-state index is 11.3. The number of rotatable bonds is 0. The van der Waals surface area contributed by atoms with E-state index in [1.165, 1.54) is 0 Å². The van der Waals surface area contributed by atoms with Crippen LogP contribution in [0.2, 0.25) is 0 Å². The summed E-state index contributed by atoms with van der Waals surface area (Å²) in [6.45, 7) is 6.65. The topological polar surface area (TPSA) is 26.3 Å². The zero-order valence-electron chi connectivity index (χ0n) is 7.52. The molecule has 1 aliphatic heterocycles. The number of cyclic esters (lactones) is 1. The number of esters is 1. The molecule has 0 saturated carbocycles. The van der Waals surface area contributed by atoms with Crippen LogP contribution in [-0.2, 0) is 9.53 Å². The number of carbonyl (C=O) groups excluding carboxylic acids is 1. The summed E-state index contributed by atoms with van der Waals surface area (Å²) in [6, 6.07) is 0. The van der Waals surface area contributed by atoms with Crippen molar-refractivity contribution >= 4 is 5.97 Å². The number of carbonyl (C=O) groups is 1. The lowest BCUT2D eigenvalue weighted by atomic mass is 9.78. The Bertz CT molecular complexity index is 161. The Morgan fingerprint density at radius 3 is 2.82 bits per heavy atom. The average molecular weight is 156 g/mol. The van der Waals surface area contributed by atoms with Crippen LogP contribution < -0.4 is 0 Å². The molecule has 64 valence electrons. The third kappa shape index (κ3) is 1.55. The van der Waals surface area contributed by atoms with Crippen molar-refractivity contribution in [3.8, 4) is 0 Å². The Balaban J connectivity index is 2.76. The molecule has 0 aromatic heterocycles. The van der Waals surface area contributed by atoms with Gasteiger partial charge in [-0.15, -0.1) is 0 Å². The molecule has 0 bridgehead atoms. The van der Waals surface area contributed by atoms with E-state index < -0.39 is 0 Å². The molecule has 0 aromatic rings. The lowest BCUT2D eigenvalue weighted by Crippen LogP contribution is -2.30. The molecule has 0 aromatic carbocycles. The lowest BCUT2D eigenvalue weighted by Gasteiger charge is -2.25. The van der Waals surface area contributed by atoms with Crippen molar-refractivity contribution in [3.63, 3.8) is 0 Å². The fourth-order valence-corrected chi connectivity index (χ4v) is 1.30. The van der Waals surface area contributed by atoms with Gasteiger partial charge in [0.25, 0.3) is 0 Å². The second kappa shape index (κ2) is 2.84. The molecule has 2 heteroatoms. The number of hydrogen-bond acceptors (Lipinski definition) is 2. The molecule has 0 aliphatic carbocycles. The van der Waals surface area contributed by atoms with Gasteiger partial charge in [0.2, 0.25) is 0 Å². The summed E-state index contributed by atoms with van der Waals surface area (Å²) in [4.78, 5) is 11.3. The standard InChI is InChI=1S/C9H16O2/c1-7-5-4-6-11-8(10)9(7,2)3/h7H,4-6H2,1-3H3. The summed E-state index contributed by atoms with van der Waals surface area (Å²) in [7, 11) is 0. The quantitative estimate of drug-likeness (QED) is 0.501. The minimum Gasteiger partial charge on any atom is -0.465 e. The van der Waals surface area contributed by atoms with Gasteiger partial charge < -0.3 is 4.74 Å². The van der Waals surface area contributed by atoms with Crippen LogP contribution in [0.25, 0.3) is 0 Å². The highest BCUT2D eigenvalue weighted by Gasteiger charge is 2.36. The van der Waals surface area contributed by atoms with Gasteiger partial charge in [-0.1, -0.05) is 6.92 Å². The van der Waals surface area contributed by atoms with E-state index in [0.29, 0.717) is 12.5 Å². The lowest BCUT2D eigenvalue weighted by molar-refractivity contribution is -0.154. The molecule has 1 rings (SSSR count). The third-order valence-corrected chi connectivity index (χ3v) is 2.77. The van der Waals surface area contributed by atoms with E-state index in [2.05, 4.69) is 6.92 Å². The van der Waals surface area contributed by atoms with Gasteiger partial charge in [-0.25, -0.2) is 0 Å². The van der Waals surface area contributed by atoms with Crippen molar-refractivity contribution in [1.29, 1.82) is 0 Å². The van der Waals surface area contributed by atoms with Gasteiger partial charge in [-0.3, -0.25) is 4.79 Å². The van der Waals surface area contributed by atoms with E-state index in [1.807, 2.05) is 13.8 Å². The summed E-state index contributed by atoms with van der Waals surface area (Å²) in [5, 5.41) is 0. The fourth-order valence-electron chi connectivity index (χ4n) is 1.30. The van der Waals surface area contributed by atoms with Crippen molar-refractivity contribution in [2.24, 2.45) is 11.3 Å². The molecular formula is C9H16O2. The first-order chi connectivity index (χ1) is 5.05. The van der Waals surface area contributed by atoms with Crippen molar-refractivity contribution in [2.75, 3.05) is 6.61 Å². The maximum absolute atomic E-state index is 11.3. The Kier molecular flexibility index (Phi) is 2.21. The fraction of sp³-hybridized carbons (Fsp3) is 0.889. The van der Waals surface area contributed by atoms with Crippen molar-refractivity contribution in [3.05, 3.63) is 0 Å². The first kappa shape index (κ1) is 8.57. The summed E-state index contributed by atoms with van der Waals surface area (Å²) in [5.41, 5.74) is -0.281. The van der Waals surface area contributed by atoms with E-state index >= 15 is 0 Å². The zero-order chi connectivity index (χ0) is 8.48. The molecule has 2 nitrogen and oxygen atoms in total. The molecule has 1 saturated heterocycles. The maximum Gasteiger partial charge on any atom is 0.311 e. The van der Waals surface area contributed by atoms with Gasteiger partial charge in [0.15, 0.2) is 0 Å². The summed E-state index contributed by atoms with van der Waals surface area (Å²) in [5.74, 6) is 0.403. The second-order valence-corrected chi connectivity index (χ2v) is 3.90. The van der Waals surface area contributed by atoms with Crippen molar-refractivity contribution < 1.29 is 9.53 Å². The SMILES string of the molecule is CC1CCCOC(=O)C1(C)C. The molecule has 0 spiro atoms. The molecule has 0 amide bonds. The Labute approximate surface area is 67.9 Å². The first-order valence-electron chi connectivity index (χ1n) is 4.22. The van der Waals surface area contributed by atoms with Gasteiger partial charge >= 0.3 is 5.97 Å². The largest absolute Gasteiger partial charge is 0.465 e. The molecule has 0 radical (unpaired) electrons. The van der Waals surface area contributed by atoms with Gasteiger partial charge in [0, 0.05) is 0 Å². The number of ether oxygens (including phenoxy) is 1. The highest BCUT2D eigenvalue weighted by molar-refractivity contribution is 5.76. The van der Waals surface area contributed by atoms with Crippen LogP contribution in [0.15, 0.2) is 0 Å². The van der Waals surface area contributed by atoms with Crippen LogP contribution in [0, 0.1) is 11.3 Å². The minimum absolute atomic E-state index is 0.0394. The predicted octanol–water partition coefficient (Wildman–Crippen LogP) is 1.99. The van der Waals surface area contributed by atoms with E-state index in [1.54, 1.807) is 0 Å². The predicted molar refractivity (Wildman–Crippen MR) is 43.1 cm³/mol. The van der Waals surface area contributed by atoms with Gasteiger partial charge in [-0.2, -0.15) is 0 Å². The van der Waals surface area contributed by atoms with E-state index in [9.17, 15) is 4.79 Å². The molecule has 11 heavy (non-hydrogen) atoms. The molecule has 1 atom stereocenters. The third-order valence-electron chi connectivity index (χ3n) is 2.77. The van der Waals surface area contributed by atoms with Crippen LogP contribution >= 0.6 is 0 Å². The van der Waals surface area contributed by atoms with Crippen molar-refractivity contribution in [1.82, 2.24) is 0 Å². The van der Waals surface area contributed by atoms with Gasteiger partial charge in [0.1, 0.15) is 0 Å². The molecule has 1 heterocycles. The van der Waals surface area contributed by atoms with E-state index in [4.69, 9.17) is 4.74 Å². The summed E-state index contributed by atoms with van der Waals surface area (Å²) < 4.78 is 5.05. The molecule has 0 N–H and O–H groups in total. The Morgan fingerprint density at radius 2 is 2.18 bits per heavy atom. The molecule has 1 fully saturated rings. The van der Waals surface area contributed by atoms with Crippen LogP contribution in [-0.4, -0.2) is 12.6 Å². The van der Waals surface area contributed by atoms with Crippen LogP contribution in [0.1, 0.15) is 33.6 Å². The smallest absolute Gasteiger partial charge is 0.311 e. The van der Waals surface area contributed by atoms with E-state index in [-0.39, 0.29) is 11.4 Å². The Hall–Kier alpha value is -0.530. The van der Waals surface area contributed by atoms with Gasteiger partial charge in [-0.05, 0) is 32.6 Å². The van der Waals surface area contributed by atoms with Crippen molar-refractivity contribution in [2.45, 2.75) is 33.6 Å². The second-order valence-electron chi connectivity index (χ2n) is 3.90. The average Bonchev–Trinajstić information content (AvgIpc) is 2.03. The van der Waals surface area contributed by atoms with Crippen LogP contribution in [0.5, 0.6) is 0 Å². The van der Waals surface area contributed by atoms with E-state index in [0.717, 1.165) is 12.8 Å². The number of hydrogen-bond donors (Lipinski definition) is 0. The zero-order valence-corrected chi connectivity index (χ0v) is 7.52. The molecular weight excluding hydrogens is 140 g/mol.